The summed E-state index contributed by atoms with van der Waals surface area (Å²) in [5.41, 5.74) is 10.4. The van der Waals surface area contributed by atoms with Crippen LogP contribution in [0.5, 0.6) is 0 Å². The van der Waals surface area contributed by atoms with Crippen molar-refractivity contribution in [1.29, 1.82) is 0 Å². The maximum Gasteiger partial charge on any atom is 0.326 e. The van der Waals surface area contributed by atoms with E-state index in [9.17, 15) is 19.2 Å². The Balaban J connectivity index is 4.62. The Labute approximate surface area is 145 Å². The van der Waals surface area contributed by atoms with Gasteiger partial charge in [0.15, 0.2) is 0 Å². The largest absolute Gasteiger partial charge is 0.480 e. The van der Waals surface area contributed by atoms with Crippen LogP contribution in [-0.2, 0) is 19.2 Å². The third-order valence-corrected chi connectivity index (χ3v) is 3.33. The molecular formula is C14H27N5O6. The molecule has 144 valence electrons. The zero-order chi connectivity index (χ0) is 19.4. The second-order valence-electron chi connectivity index (χ2n) is 5.42. The fourth-order valence-electron chi connectivity index (χ4n) is 1.87. The summed E-state index contributed by atoms with van der Waals surface area (Å²) < 4.78 is 0. The summed E-state index contributed by atoms with van der Waals surface area (Å²) in [5, 5.41) is 25.0. The highest BCUT2D eigenvalue weighted by Gasteiger charge is 2.26. The predicted molar refractivity (Wildman–Crippen MR) is 88.1 cm³/mol. The van der Waals surface area contributed by atoms with Crippen LogP contribution < -0.4 is 27.4 Å². The monoisotopic (exact) mass is 361 g/mol. The lowest BCUT2D eigenvalue weighted by molar-refractivity contribution is -0.142. The van der Waals surface area contributed by atoms with Crippen LogP contribution in [0.3, 0.4) is 0 Å². The van der Waals surface area contributed by atoms with Crippen LogP contribution in [-0.4, -0.2) is 71.7 Å². The molecule has 0 bridgehead atoms. The Bertz CT molecular complexity index is 473. The Hall–Kier alpha value is -2.24. The molecule has 0 aliphatic rings. The molecule has 0 aromatic carbocycles. The van der Waals surface area contributed by atoms with Gasteiger partial charge in [-0.1, -0.05) is 0 Å². The maximum absolute atomic E-state index is 12.0. The molecule has 3 unspecified atom stereocenters. The van der Waals surface area contributed by atoms with E-state index < -0.39 is 48.4 Å². The predicted octanol–water partition coefficient (Wildman–Crippen LogP) is -3.37. The first-order valence-corrected chi connectivity index (χ1v) is 7.90. The van der Waals surface area contributed by atoms with E-state index in [0.29, 0.717) is 19.4 Å². The maximum atomic E-state index is 12.0. The van der Waals surface area contributed by atoms with Crippen LogP contribution >= 0.6 is 0 Å². The van der Waals surface area contributed by atoms with Crippen LogP contribution in [0.4, 0.5) is 0 Å². The highest BCUT2D eigenvalue weighted by Crippen LogP contribution is 2.01. The third-order valence-electron chi connectivity index (χ3n) is 3.33. The molecule has 25 heavy (non-hydrogen) atoms. The first-order valence-electron chi connectivity index (χ1n) is 7.90. The number of amides is 3. The Morgan fingerprint density at radius 3 is 2.08 bits per heavy atom. The Morgan fingerprint density at radius 1 is 0.960 bits per heavy atom. The van der Waals surface area contributed by atoms with Crippen molar-refractivity contribution in [1.82, 2.24) is 16.0 Å². The number of aliphatic hydroxyl groups excluding tert-OH is 1. The van der Waals surface area contributed by atoms with Gasteiger partial charge >= 0.3 is 5.97 Å². The molecular weight excluding hydrogens is 334 g/mol. The average molecular weight is 361 g/mol. The van der Waals surface area contributed by atoms with E-state index in [1.807, 2.05) is 0 Å². The molecule has 0 aromatic heterocycles. The minimum atomic E-state index is -1.26. The number of carbonyl (C=O) groups is 4. The molecule has 0 saturated carbocycles. The van der Waals surface area contributed by atoms with Crippen LogP contribution in [0.25, 0.3) is 0 Å². The molecule has 0 spiro atoms. The normalized spacial score (nSPS) is 14.1. The highest BCUT2D eigenvalue weighted by molar-refractivity contribution is 5.93. The topological polar surface area (TPSA) is 197 Å². The second kappa shape index (κ2) is 12.2. The number of hydrogen-bond acceptors (Lipinski definition) is 7. The van der Waals surface area contributed by atoms with Crippen LogP contribution in [0, 0.1) is 0 Å². The summed E-state index contributed by atoms with van der Waals surface area (Å²) in [6.07, 6.45) is 1.38. The first-order chi connectivity index (χ1) is 11.8. The lowest BCUT2D eigenvalue weighted by Gasteiger charge is -2.21. The van der Waals surface area contributed by atoms with E-state index in [2.05, 4.69) is 16.0 Å². The number of hydrogen-bond donors (Lipinski definition) is 7. The van der Waals surface area contributed by atoms with Gasteiger partial charge in [0.1, 0.15) is 18.1 Å². The van der Waals surface area contributed by atoms with Gasteiger partial charge in [0, 0.05) is 0 Å². The second-order valence-corrected chi connectivity index (χ2v) is 5.42. The summed E-state index contributed by atoms with van der Waals surface area (Å²) in [4.78, 5) is 46.3. The lowest BCUT2D eigenvalue weighted by Crippen LogP contribution is -2.56. The molecule has 11 heteroatoms. The Morgan fingerprint density at radius 2 is 1.60 bits per heavy atom. The van der Waals surface area contributed by atoms with Gasteiger partial charge in [-0.25, -0.2) is 4.79 Å². The fraction of sp³-hybridized carbons (Fsp3) is 0.714. The number of carbonyl (C=O) groups excluding carboxylic acids is 3. The van der Waals surface area contributed by atoms with Crippen molar-refractivity contribution in [3.8, 4) is 0 Å². The molecule has 0 saturated heterocycles. The van der Waals surface area contributed by atoms with Crippen LogP contribution in [0.2, 0.25) is 0 Å². The van der Waals surface area contributed by atoms with E-state index in [1.165, 1.54) is 6.92 Å². The van der Waals surface area contributed by atoms with Crippen molar-refractivity contribution < 1.29 is 29.4 Å². The number of nitrogens with two attached hydrogens (primary N) is 2. The average Bonchev–Trinajstić information content (AvgIpc) is 2.57. The van der Waals surface area contributed by atoms with Crippen LogP contribution in [0.15, 0.2) is 0 Å². The number of carboxylic acid groups (broad SMARTS) is 1. The number of rotatable bonds is 12. The van der Waals surface area contributed by atoms with E-state index in [0.717, 1.165) is 0 Å². The van der Waals surface area contributed by atoms with E-state index in [1.54, 1.807) is 0 Å². The number of nitrogens with one attached hydrogen (secondary N) is 3. The van der Waals surface area contributed by atoms with E-state index in [4.69, 9.17) is 21.7 Å². The van der Waals surface area contributed by atoms with Gasteiger partial charge in [0.05, 0.1) is 13.2 Å². The van der Waals surface area contributed by atoms with Crippen molar-refractivity contribution in [3.05, 3.63) is 0 Å². The van der Waals surface area contributed by atoms with E-state index >= 15 is 0 Å². The molecule has 0 rings (SSSR count). The quantitative estimate of drug-likeness (QED) is 0.175. The Kier molecular flexibility index (Phi) is 11.1. The molecule has 0 heterocycles. The van der Waals surface area contributed by atoms with Crippen molar-refractivity contribution in [2.24, 2.45) is 11.5 Å². The molecule has 0 aliphatic heterocycles. The minimum Gasteiger partial charge on any atom is -0.480 e. The minimum absolute atomic E-state index is 0.213. The summed E-state index contributed by atoms with van der Waals surface area (Å²) in [6, 6.07) is -3.41. The van der Waals surface area contributed by atoms with Crippen molar-refractivity contribution in [2.75, 3.05) is 19.7 Å². The third kappa shape index (κ3) is 8.98. The van der Waals surface area contributed by atoms with Gasteiger partial charge in [-0.05, 0) is 32.7 Å². The van der Waals surface area contributed by atoms with Gasteiger partial charge in [-0.15, -0.1) is 0 Å². The fourth-order valence-corrected chi connectivity index (χ4v) is 1.87. The number of aliphatic carboxylic acids is 1. The summed E-state index contributed by atoms with van der Waals surface area (Å²) in [7, 11) is 0. The zero-order valence-electron chi connectivity index (χ0n) is 14.2. The molecule has 0 aliphatic carbocycles. The molecule has 0 aromatic rings. The zero-order valence-corrected chi connectivity index (χ0v) is 14.2. The molecule has 0 radical (unpaired) electrons. The standard InChI is InChI=1S/C14H27N5O6/c1-8(17-13(23)10(7-20)18-11(21)6-16)12(22)19-9(14(24)25)4-2-3-5-15/h8-10,20H,2-7,15-16H2,1H3,(H,17,23)(H,18,21)(H,19,22)(H,24,25). The lowest BCUT2D eigenvalue weighted by atomic mass is 10.1. The molecule has 0 fully saturated rings. The van der Waals surface area contributed by atoms with Crippen molar-refractivity contribution in [3.63, 3.8) is 0 Å². The van der Waals surface area contributed by atoms with Gasteiger partial charge in [0.2, 0.25) is 17.7 Å². The van der Waals surface area contributed by atoms with Crippen LogP contribution in [0.1, 0.15) is 26.2 Å². The number of aliphatic hydroxyl groups is 1. The summed E-state index contributed by atoms with van der Waals surface area (Å²) >= 11 is 0. The number of carboxylic acids is 1. The van der Waals surface area contributed by atoms with Crippen molar-refractivity contribution >= 4 is 23.7 Å². The summed E-state index contributed by atoms with van der Waals surface area (Å²) in [5.74, 6) is -3.32. The van der Waals surface area contributed by atoms with Gasteiger partial charge < -0.3 is 37.6 Å². The van der Waals surface area contributed by atoms with E-state index in [-0.39, 0.29) is 13.0 Å². The smallest absolute Gasteiger partial charge is 0.326 e. The van der Waals surface area contributed by atoms with Gasteiger partial charge in [-0.3, -0.25) is 14.4 Å². The van der Waals surface area contributed by atoms with Crippen molar-refractivity contribution in [2.45, 2.75) is 44.3 Å². The molecule has 9 N–H and O–H groups in total. The highest BCUT2D eigenvalue weighted by atomic mass is 16.4. The molecule has 3 atom stereocenters. The molecule has 3 amide bonds. The molecule has 11 nitrogen and oxygen atoms in total. The summed E-state index contributed by atoms with van der Waals surface area (Å²) in [6.45, 7) is 0.737. The first kappa shape index (κ1) is 22.8. The SMILES string of the molecule is CC(NC(=O)C(CO)NC(=O)CN)C(=O)NC(CCCCN)C(=O)O. The van der Waals surface area contributed by atoms with Gasteiger partial charge in [-0.2, -0.15) is 0 Å². The van der Waals surface area contributed by atoms with Gasteiger partial charge in [0.25, 0.3) is 0 Å². The number of unbranched alkanes of at least 4 members (excludes halogenated alkanes) is 1.